The number of aliphatic hydroxyl groups is 1. The average Bonchev–Trinajstić information content (AvgIpc) is 3.26. The molecule has 5 aliphatic rings. The van der Waals surface area contributed by atoms with Crippen LogP contribution in [0.4, 0.5) is 8.78 Å². The predicted octanol–water partition coefficient (Wildman–Crippen LogP) is 3.17. The molecule has 0 aromatic carbocycles. The molecule has 5 rings (SSSR count). The van der Waals surface area contributed by atoms with E-state index in [1.54, 1.807) is 20.8 Å². The SMILES string of the molecule is CC1(C)O[C@@H]2C[C@H]3[C@@H]4C[C@H](F)C5=CC(=O)C=C[C@]5(C)[C@@]4(F)[C@@H](O)C[C@]3(C)[C@]2(C(=O)COC(=O)CCCC(=O)O)O1. The molecule has 0 unspecified atom stereocenters. The fourth-order valence-corrected chi connectivity index (χ4v) is 8.51. The van der Waals surface area contributed by atoms with E-state index >= 15 is 8.78 Å². The van der Waals surface area contributed by atoms with Crippen molar-refractivity contribution in [3.8, 4) is 0 Å². The Hall–Kier alpha value is -2.50. The summed E-state index contributed by atoms with van der Waals surface area (Å²) in [6.07, 6.45) is -1.14. The van der Waals surface area contributed by atoms with Crippen LogP contribution in [0.2, 0.25) is 0 Å². The maximum atomic E-state index is 17.4. The zero-order chi connectivity index (χ0) is 29.5. The lowest BCUT2D eigenvalue weighted by molar-refractivity contribution is -0.249. The summed E-state index contributed by atoms with van der Waals surface area (Å²) in [5.74, 6) is -5.72. The van der Waals surface area contributed by atoms with Gasteiger partial charge in [-0.15, -0.1) is 0 Å². The highest BCUT2D eigenvalue weighted by Crippen LogP contribution is 2.72. The number of esters is 1. The van der Waals surface area contributed by atoms with E-state index in [1.165, 1.54) is 19.1 Å². The van der Waals surface area contributed by atoms with Crippen molar-refractivity contribution in [2.45, 2.75) is 102 Å². The summed E-state index contributed by atoms with van der Waals surface area (Å²) >= 11 is 0. The van der Waals surface area contributed by atoms with Crippen LogP contribution in [0.5, 0.6) is 0 Å². The van der Waals surface area contributed by atoms with Gasteiger partial charge >= 0.3 is 11.9 Å². The Bertz CT molecular complexity index is 1210. The molecule has 220 valence electrons. The standard InChI is InChI=1S/C29H36F2O9/c1-25(2)39-22-12-16-17-11-19(30)18-10-15(32)8-9-26(18,3)28(17,31)20(33)13-27(16,4)29(22,40-25)21(34)14-38-24(37)7-5-6-23(35)36/h8-10,16-17,19-20,22,33H,5-7,11-14H2,1-4H3,(H,35,36)/t16-,17-,19-,20-,22+,26-,27-,28-,29+/m0/s1. The number of aliphatic carboxylic acids is 1. The molecule has 1 saturated heterocycles. The van der Waals surface area contributed by atoms with Crippen molar-refractivity contribution < 1.29 is 52.4 Å². The monoisotopic (exact) mass is 566 g/mol. The van der Waals surface area contributed by atoms with Crippen molar-refractivity contribution in [1.29, 1.82) is 0 Å². The van der Waals surface area contributed by atoms with Crippen molar-refractivity contribution in [3.63, 3.8) is 0 Å². The Morgan fingerprint density at radius 1 is 1.12 bits per heavy atom. The molecule has 0 aromatic rings. The van der Waals surface area contributed by atoms with Crippen LogP contribution >= 0.6 is 0 Å². The number of allylic oxidation sites excluding steroid dienone is 4. The van der Waals surface area contributed by atoms with E-state index in [-0.39, 0.29) is 44.1 Å². The lowest BCUT2D eigenvalue weighted by Gasteiger charge is -2.63. The van der Waals surface area contributed by atoms with Gasteiger partial charge < -0.3 is 24.4 Å². The van der Waals surface area contributed by atoms with Crippen LogP contribution in [0.3, 0.4) is 0 Å². The van der Waals surface area contributed by atoms with Gasteiger partial charge in [-0.2, -0.15) is 0 Å². The zero-order valence-electron chi connectivity index (χ0n) is 23.1. The van der Waals surface area contributed by atoms with Crippen LogP contribution in [-0.2, 0) is 33.4 Å². The van der Waals surface area contributed by atoms with Crippen molar-refractivity contribution >= 4 is 23.5 Å². The Morgan fingerprint density at radius 2 is 1.82 bits per heavy atom. The van der Waals surface area contributed by atoms with Crippen LogP contribution in [0.15, 0.2) is 23.8 Å². The van der Waals surface area contributed by atoms with E-state index in [1.807, 2.05) is 0 Å². The molecule has 2 N–H and O–H groups in total. The predicted molar refractivity (Wildman–Crippen MR) is 134 cm³/mol. The molecule has 9 atom stereocenters. The molecule has 0 aromatic heterocycles. The number of alkyl halides is 2. The van der Waals surface area contributed by atoms with Crippen molar-refractivity contribution in [1.82, 2.24) is 0 Å². The molecule has 9 nitrogen and oxygen atoms in total. The lowest BCUT2D eigenvalue weighted by atomic mass is 9.44. The van der Waals surface area contributed by atoms with Gasteiger partial charge in [0.2, 0.25) is 5.78 Å². The molecule has 4 aliphatic carbocycles. The van der Waals surface area contributed by atoms with E-state index in [4.69, 9.17) is 19.3 Å². The van der Waals surface area contributed by atoms with E-state index in [0.29, 0.717) is 0 Å². The number of rotatable bonds is 7. The third-order valence-corrected chi connectivity index (χ3v) is 10.2. The number of ether oxygens (including phenoxy) is 3. The fraction of sp³-hybridized carbons (Fsp3) is 0.724. The molecule has 11 heteroatoms. The number of hydrogen-bond donors (Lipinski definition) is 2. The summed E-state index contributed by atoms with van der Waals surface area (Å²) in [6.45, 7) is 5.82. The van der Waals surface area contributed by atoms with E-state index in [2.05, 4.69) is 0 Å². The summed E-state index contributed by atoms with van der Waals surface area (Å²) in [4.78, 5) is 48.9. The third kappa shape index (κ3) is 3.87. The first-order chi connectivity index (χ1) is 18.5. The molecule has 4 fully saturated rings. The van der Waals surface area contributed by atoms with Gasteiger partial charge in [-0.25, -0.2) is 8.78 Å². The number of carboxylic acid groups (broad SMARTS) is 1. The summed E-state index contributed by atoms with van der Waals surface area (Å²) in [5, 5.41) is 20.3. The Balaban J connectivity index is 1.48. The summed E-state index contributed by atoms with van der Waals surface area (Å²) in [6, 6.07) is 0. The smallest absolute Gasteiger partial charge is 0.306 e. The first-order valence-electron chi connectivity index (χ1n) is 13.8. The normalized spacial score (nSPS) is 44.6. The first-order valence-corrected chi connectivity index (χ1v) is 13.8. The highest BCUT2D eigenvalue weighted by Gasteiger charge is 2.80. The lowest BCUT2D eigenvalue weighted by Crippen LogP contribution is -2.71. The van der Waals surface area contributed by atoms with Crippen LogP contribution < -0.4 is 0 Å². The van der Waals surface area contributed by atoms with Gasteiger partial charge in [-0.1, -0.05) is 13.0 Å². The topological polar surface area (TPSA) is 136 Å². The minimum Gasteiger partial charge on any atom is -0.481 e. The maximum Gasteiger partial charge on any atom is 0.306 e. The Labute approximate surface area is 230 Å². The fourth-order valence-electron chi connectivity index (χ4n) is 8.51. The number of hydrogen-bond acceptors (Lipinski definition) is 8. The largest absolute Gasteiger partial charge is 0.481 e. The molecule has 0 amide bonds. The number of aliphatic hydroxyl groups excluding tert-OH is 1. The summed E-state index contributed by atoms with van der Waals surface area (Å²) in [7, 11) is 0. The van der Waals surface area contributed by atoms with Gasteiger partial charge in [0, 0.05) is 29.6 Å². The highest BCUT2D eigenvalue weighted by molar-refractivity contribution is 6.01. The van der Waals surface area contributed by atoms with Gasteiger partial charge in [0.1, 0.15) is 6.17 Å². The minimum atomic E-state index is -2.32. The number of ketones is 2. The second-order valence-electron chi connectivity index (χ2n) is 12.8. The number of halogens is 2. The molecular formula is C29H36F2O9. The molecular weight excluding hydrogens is 530 g/mol. The first kappa shape index (κ1) is 29.0. The average molecular weight is 567 g/mol. The van der Waals surface area contributed by atoms with Crippen molar-refractivity contribution in [2.24, 2.45) is 22.7 Å². The number of carbonyl (C=O) groups excluding carboxylic acids is 3. The van der Waals surface area contributed by atoms with Gasteiger partial charge in [0.25, 0.3) is 0 Å². The number of carbonyl (C=O) groups is 4. The second kappa shape index (κ2) is 9.25. The van der Waals surface area contributed by atoms with Crippen LogP contribution in [0, 0.1) is 22.7 Å². The number of fused-ring (bicyclic) bond motifs is 7. The highest BCUT2D eigenvalue weighted by atomic mass is 19.1. The van der Waals surface area contributed by atoms with E-state index in [9.17, 15) is 24.3 Å². The number of Topliss-reactive ketones (excluding diaryl/α,β-unsaturated/α-hetero) is 1. The Morgan fingerprint density at radius 3 is 2.50 bits per heavy atom. The van der Waals surface area contributed by atoms with Crippen LogP contribution in [-0.4, -0.2) is 75.8 Å². The molecule has 3 saturated carbocycles. The minimum absolute atomic E-state index is 0.00817. The second-order valence-corrected chi connectivity index (χ2v) is 12.8. The molecule has 0 spiro atoms. The summed E-state index contributed by atoms with van der Waals surface area (Å²) < 4.78 is 50.8. The zero-order valence-corrected chi connectivity index (χ0v) is 23.1. The van der Waals surface area contributed by atoms with Crippen LogP contribution in [0.25, 0.3) is 0 Å². The van der Waals surface area contributed by atoms with Crippen LogP contribution in [0.1, 0.15) is 66.2 Å². The number of carboxylic acids is 1. The van der Waals surface area contributed by atoms with E-state index in [0.717, 1.165) is 6.08 Å². The third-order valence-electron chi connectivity index (χ3n) is 10.2. The van der Waals surface area contributed by atoms with Gasteiger partial charge in [0.05, 0.1) is 12.2 Å². The van der Waals surface area contributed by atoms with E-state index < -0.39 is 88.2 Å². The molecule has 0 radical (unpaired) electrons. The molecule has 0 bridgehead atoms. The van der Waals surface area contributed by atoms with Gasteiger partial charge in [-0.3, -0.25) is 19.2 Å². The van der Waals surface area contributed by atoms with Crippen molar-refractivity contribution in [3.05, 3.63) is 23.8 Å². The molecule has 1 aliphatic heterocycles. The maximum absolute atomic E-state index is 17.4. The van der Waals surface area contributed by atoms with Gasteiger partial charge in [0.15, 0.2) is 29.4 Å². The Kier molecular flexibility index (Phi) is 6.71. The van der Waals surface area contributed by atoms with Gasteiger partial charge in [-0.05, 0) is 70.1 Å². The quantitative estimate of drug-likeness (QED) is 0.445. The summed E-state index contributed by atoms with van der Waals surface area (Å²) in [5.41, 5.74) is -6.78. The molecule has 40 heavy (non-hydrogen) atoms. The van der Waals surface area contributed by atoms with Crippen molar-refractivity contribution in [2.75, 3.05) is 6.61 Å². The molecule has 1 heterocycles.